The molecule has 1 saturated heterocycles. The minimum atomic E-state index is -0.176. The molecule has 28 heavy (non-hydrogen) atoms. The van der Waals surface area contributed by atoms with E-state index < -0.39 is 0 Å². The number of benzene rings is 2. The minimum absolute atomic E-state index is 0.176. The molecule has 1 heterocycles. The molecule has 0 aliphatic carbocycles. The molecule has 1 aliphatic heterocycles. The minimum Gasteiger partial charge on any atom is -0.490 e. The van der Waals surface area contributed by atoms with Crippen LogP contribution in [-0.4, -0.2) is 43.7 Å². The van der Waals surface area contributed by atoms with Gasteiger partial charge in [-0.1, -0.05) is 12.6 Å². The molecule has 1 N–H and O–H groups in total. The van der Waals surface area contributed by atoms with Crippen molar-refractivity contribution in [3.05, 3.63) is 66.2 Å². The fraction of sp³-hybridized carbons (Fsp3) is 0.348. The van der Waals surface area contributed by atoms with Crippen LogP contribution in [0.5, 0.6) is 11.5 Å². The highest BCUT2D eigenvalue weighted by Crippen LogP contribution is 2.22. The first-order valence-electron chi connectivity index (χ1n) is 9.63. The van der Waals surface area contributed by atoms with Crippen molar-refractivity contribution >= 4 is 11.6 Å². The molecule has 0 atom stereocenters. The van der Waals surface area contributed by atoms with Crippen molar-refractivity contribution in [3.63, 3.8) is 0 Å². The largest absolute Gasteiger partial charge is 0.490 e. The van der Waals surface area contributed by atoms with E-state index in [9.17, 15) is 4.79 Å². The molecule has 0 radical (unpaired) electrons. The van der Waals surface area contributed by atoms with E-state index in [0.29, 0.717) is 17.9 Å². The van der Waals surface area contributed by atoms with Crippen molar-refractivity contribution in [3.8, 4) is 11.5 Å². The first-order valence-corrected chi connectivity index (χ1v) is 9.63. The lowest BCUT2D eigenvalue weighted by molar-refractivity contribution is 0.102. The molecular formula is C23H28N2O3. The molecule has 1 aliphatic rings. The molecular weight excluding hydrogens is 352 g/mol. The van der Waals surface area contributed by atoms with Crippen molar-refractivity contribution in [2.45, 2.75) is 25.9 Å². The molecule has 3 rings (SSSR count). The fourth-order valence-corrected chi connectivity index (χ4v) is 3.05. The number of ether oxygens (including phenoxy) is 2. The number of carbonyl (C=O) groups excluding carboxylic acids is 1. The van der Waals surface area contributed by atoms with Gasteiger partial charge in [-0.25, -0.2) is 0 Å². The predicted molar refractivity (Wildman–Crippen MR) is 112 cm³/mol. The highest BCUT2D eigenvalue weighted by atomic mass is 16.5. The Morgan fingerprint density at radius 1 is 1.14 bits per heavy atom. The molecule has 148 valence electrons. The van der Waals surface area contributed by atoms with Crippen LogP contribution in [0.2, 0.25) is 0 Å². The standard InChI is InChI=1S/C23H28N2O3/c1-17(2)16-27-22-6-4-5-18(15-22)23(26)24-19-7-9-20(10-8-19)28-21-11-13-25(3)14-12-21/h4-10,15,21H,1,11-14,16H2,2-3H3,(H,24,26). The second kappa shape index (κ2) is 9.42. The monoisotopic (exact) mass is 380 g/mol. The van der Waals surface area contributed by atoms with Crippen LogP contribution in [0, 0.1) is 0 Å². The van der Waals surface area contributed by atoms with Gasteiger partial charge in [0.2, 0.25) is 0 Å². The maximum Gasteiger partial charge on any atom is 0.255 e. The van der Waals surface area contributed by atoms with Crippen molar-refractivity contribution in [2.24, 2.45) is 0 Å². The van der Waals surface area contributed by atoms with E-state index >= 15 is 0 Å². The SMILES string of the molecule is C=C(C)COc1cccc(C(=O)Nc2ccc(OC3CCN(C)CC3)cc2)c1. The van der Waals surface area contributed by atoms with Gasteiger partial charge in [0.1, 0.15) is 24.2 Å². The zero-order chi connectivity index (χ0) is 19.9. The van der Waals surface area contributed by atoms with Crippen molar-refractivity contribution in [1.29, 1.82) is 0 Å². The first-order chi connectivity index (χ1) is 13.5. The molecule has 0 bridgehead atoms. The molecule has 2 aromatic carbocycles. The molecule has 0 spiro atoms. The molecule has 1 fully saturated rings. The van der Waals surface area contributed by atoms with Crippen LogP contribution >= 0.6 is 0 Å². The Bertz CT molecular complexity index is 809. The summed E-state index contributed by atoms with van der Waals surface area (Å²) in [7, 11) is 2.13. The number of nitrogens with one attached hydrogen (secondary N) is 1. The van der Waals surface area contributed by atoms with Crippen LogP contribution in [0.4, 0.5) is 5.69 Å². The van der Waals surface area contributed by atoms with E-state index in [0.717, 1.165) is 42.9 Å². The second-order valence-corrected chi connectivity index (χ2v) is 7.37. The van der Waals surface area contributed by atoms with Crippen LogP contribution in [0.3, 0.4) is 0 Å². The van der Waals surface area contributed by atoms with Gasteiger partial charge in [0.25, 0.3) is 5.91 Å². The summed E-state index contributed by atoms with van der Waals surface area (Å²) < 4.78 is 11.7. The van der Waals surface area contributed by atoms with Crippen LogP contribution in [-0.2, 0) is 0 Å². The van der Waals surface area contributed by atoms with Gasteiger partial charge in [0.05, 0.1) is 0 Å². The summed E-state index contributed by atoms with van der Waals surface area (Å²) in [6.45, 7) is 8.27. The van der Waals surface area contributed by atoms with Gasteiger partial charge in [-0.2, -0.15) is 0 Å². The van der Waals surface area contributed by atoms with Crippen LogP contribution in [0.25, 0.3) is 0 Å². The van der Waals surface area contributed by atoms with Crippen LogP contribution < -0.4 is 14.8 Å². The van der Waals surface area contributed by atoms with Crippen molar-refractivity contribution in [2.75, 3.05) is 32.1 Å². The van der Waals surface area contributed by atoms with E-state index in [1.54, 1.807) is 18.2 Å². The third kappa shape index (κ3) is 5.86. The van der Waals surface area contributed by atoms with Gasteiger partial charge in [-0.05, 0) is 74.9 Å². The quantitative estimate of drug-likeness (QED) is 0.725. The van der Waals surface area contributed by atoms with Crippen molar-refractivity contribution < 1.29 is 14.3 Å². The Balaban J connectivity index is 1.55. The van der Waals surface area contributed by atoms with E-state index in [1.807, 2.05) is 37.3 Å². The number of likely N-dealkylation sites (tertiary alicyclic amines) is 1. The van der Waals surface area contributed by atoms with Gasteiger partial charge in [0, 0.05) is 24.3 Å². The molecule has 0 saturated carbocycles. The van der Waals surface area contributed by atoms with Gasteiger partial charge < -0.3 is 19.7 Å². The topological polar surface area (TPSA) is 50.8 Å². The number of nitrogens with zero attached hydrogens (tertiary/aromatic N) is 1. The number of piperidine rings is 1. The Hall–Kier alpha value is -2.79. The van der Waals surface area contributed by atoms with E-state index in [1.165, 1.54) is 0 Å². The molecule has 5 nitrogen and oxygen atoms in total. The highest BCUT2D eigenvalue weighted by molar-refractivity contribution is 6.04. The predicted octanol–water partition coefficient (Wildman–Crippen LogP) is 4.37. The number of carbonyl (C=O) groups is 1. The number of anilines is 1. The summed E-state index contributed by atoms with van der Waals surface area (Å²) in [5.41, 5.74) is 2.21. The summed E-state index contributed by atoms with van der Waals surface area (Å²) in [4.78, 5) is 14.8. The average molecular weight is 380 g/mol. The molecule has 0 aromatic heterocycles. The van der Waals surface area contributed by atoms with E-state index in [4.69, 9.17) is 9.47 Å². The molecule has 0 unspecified atom stereocenters. The summed E-state index contributed by atoms with van der Waals surface area (Å²) in [5, 5.41) is 2.91. The van der Waals surface area contributed by atoms with Crippen LogP contribution in [0.1, 0.15) is 30.1 Å². The number of rotatable bonds is 7. The summed E-state index contributed by atoms with van der Waals surface area (Å²) in [6.07, 6.45) is 2.34. The molecule has 2 aromatic rings. The van der Waals surface area contributed by atoms with Gasteiger partial charge in [-0.3, -0.25) is 4.79 Å². The zero-order valence-corrected chi connectivity index (χ0v) is 16.6. The highest BCUT2D eigenvalue weighted by Gasteiger charge is 2.18. The Morgan fingerprint density at radius 2 is 1.86 bits per heavy atom. The van der Waals surface area contributed by atoms with Crippen LogP contribution in [0.15, 0.2) is 60.7 Å². The lowest BCUT2D eigenvalue weighted by Gasteiger charge is -2.29. The van der Waals surface area contributed by atoms with E-state index in [-0.39, 0.29) is 12.0 Å². The lowest BCUT2D eigenvalue weighted by atomic mass is 10.1. The average Bonchev–Trinajstić information content (AvgIpc) is 2.70. The maximum atomic E-state index is 12.5. The summed E-state index contributed by atoms with van der Waals surface area (Å²) >= 11 is 0. The second-order valence-electron chi connectivity index (χ2n) is 7.37. The van der Waals surface area contributed by atoms with Gasteiger partial charge >= 0.3 is 0 Å². The molecule has 5 heteroatoms. The Kier molecular flexibility index (Phi) is 6.71. The smallest absolute Gasteiger partial charge is 0.255 e. The third-order valence-corrected chi connectivity index (χ3v) is 4.66. The van der Waals surface area contributed by atoms with Gasteiger partial charge in [-0.15, -0.1) is 0 Å². The number of amides is 1. The Labute approximate surface area is 167 Å². The van der Waals surface area contributed by atoms with Crippen molar-refractivity contribution in [1.82, 2.24) is 4.90 Å². The lowest BCUT2D eigenvalue weighted by Crippen LogP contribution is -2.35. The summed E-state index contributed by atoms with van der Waals surface area (Å²) in [5.74, 6) is 1.31. The molecule has 1 amide bonds. The zero-order valence-electron chi connectivity index (χ0n) is 16.6. The summed E-state index contributed by atoms with van der Waals surface area (Å²) in [6, 6.07) is 14.7. The Morgan fingerprint density at radius 3 is 2.54 bits per heavy atom. The maximum absolute atomic E-state index is 12.5. The normalized spacial score (nSPS) is 15.1. The first kappa shape index (κ1) is 20.0. The third-order valence-electron chi connectivity index (χ3n) is 4.66. The number of hydrogen-bond acceptors (Lipinski definition) is 4. The fourth-order valence-electron chi connectivity index (χ4n) is 3.05. The van der Waals surface area contributed by atoms with Gasteiger partial charge in [0.15, 0.2) is 0 Å². The number of hydrogen-bond donors (Lipinski definition) is 1. The van der Waals surface area contributed by atoms with E-state index in [2.05, 4.69) is 23.8 Å².